The SMILES string of the molecule is O=CC(NC(=O)O)[C@H](c1ccc(Cl)cc1)N1CCN(c2c(-c3ccccc3)cnc3[nH]nc(OC[C@H](O)CO)c23)CC1. The largest absolute Gasteiger partial charge is 0.473 e. The van der Waals surface area contributed by atoms with Gasteiger partial charge in [0.2, 0.25) is 5.88 Å². The van der Waals surface area contributed by atoms with Gasteiger partial charge in [-0.15, -0.1) is 5.10 Å². The van der Waals surface area contributed by atoms with Crippen molar-refractivity contribution < 1.29 is 29.6 Å². The number of hydrogen-bond donors (Lipinski definition) is 5. The Morgan fingerprint density at radius 2 is 1.83 bits per heavy atom. The number of pyridine rings is 1. The number of halogens is 1. The normalized spacial score (nSPS) is 16.1. The van der Waals surface area contributed by atoms with E-state index in [1.807, 2.05) is 30.3 Å². The average Bonchev–Trinajstić information content (AvgIpc) is 3.43. The van der Waals surface area contributed by atoms with Crippen LogP contribution in [0.15, 0.2) is 60.8 Å². The van der Waals surface area contributed by atoms with Crippen LogP contribution in [0.5, 0.6) is 5.88 Å². The van der Waals surface area contributed by atoms with Crippen molar-refractivity contribution in [2.24, 2.45) is 0 Å². The predicted octanol–water partition coefficient (Wildman–Crippen LogP) is 2.71. The number of aliphatic hydroxyl groups excluding tert-OH is 2. The Morgan fingerprint density at radius 3 is 2.48 bits per heavy atom. The first-order valence-corrected chi connectivity index (χ1v) is 13.8. The van der Waals surface area contributed by atoms with E-state index in [4.69, 9.17) is 16.3 Å². The number of carboxylic acid groups (broad SMARTS) is 1. The van der Waals surface area contributed by atoms with Crippen molar-refractivity contribution in [2.75, 3.05) is 44.3 Å². The second kappa shape index (κ2) is 13.2. The number of nitrogens with zero attached hydrogens (tertiary/aromatic N) is 4. The molecule has 12 nitrogen and oxygen atoms in total. The summed E-state index contributed by atoms with van der Waals surface area (Å²) in [6.07, 6.45) is 0.0500. The summed E-state index contributed by atoms with van der Waals surface area (Å²) in [7, 11) is 0. The van der Waals surface area contributed by atoms with Crippen molar-refractivity contribution in [2.45, 2.75) is 18.2 Å². The number of aldehydes is 1. The van der Waals surface area contributed by atoms with Crippen LogP contribution in [0.2, 0.25) is 5.02 Å². The maximum Gasteiger partial charge on any atom is 0.405 e. The van der Waals surface area contributed by atoms with E-state index in [9.17, 15) is 24.9 Å². The minimum atomic E-state index is -1.28. The fourth-order valence-electron chi connectivity index (χ4n) is 5.30. The molecule has 5 N–H and O–H groups in total. The second-order valence-electron chi connectivity index (χ2n) is 9.92. The highest BCUT2D eigenvalue weighted by Crippen LogP contribution is 2.41. The molecule has 0 aliphatic carbocycles. The highest BCUT2D eigenvalue weighted by Gasteiger charge is 2.34. The molecule has 0 spiro atoms. The summed E-state index contributed by atoms with van der Waals surface area (Å²) in [4.78, 5) is 32.4. The number of hydrogen-bond acceptors (Lipinski definition) is 9. The Balaban J connectivity index is 1.50. The molecule has 0 radical (unpaired) electrons. The molecule has 42 heavy (non-hydrogen) atoms. The molecule has 0 saturated carbocycles. The van der Waals surface area contributed by atoms with Crippen LogP contribution >= 0.6 is 11.6 Å². The minimum Gasteiger partial charge on any atom is -0.473 e. The number of nitrogens with one attached hydrogen (secondary N) is 2. The number of carbonyl (C=O) groups is 2. The zero-order valence-electron chi connectivity index (χ0n) is 22.6. The predicted molar refractivity (Wildman–Crippen MR) is 157 cm³/mol. The summed E-state index contributed by atoms with van der Waals surface area (Å²) < 4.78 is 5.80. The minimum absolute atomic E-state index is 0.147. The summed E-state index contributed by atoms with van der Waals surface area (Å²) in [5.74, 6) is 0.255. The molecule has 1 amide bonds. The fourth-order valence-corrected chi connectivity index (χ4v) is 5.42. The number of amides is 1. The molecule has 1 aliphatic heterocycles. The van der Waals surface area contributed by atoms with Gasteiger partial charge in [0.1, 0.15) is 30.4 Å². The quantitative estimate of drug-likeness (QED) is 0.163. The van der Waals surface area contributed by atoms with Gasteiger partial charge in [-0.05, 0) is 23.3 Å². The number of anilines is 1. The number of aliphatic hydroxyl groups is 2. The van der Waals surface area contributed by atoms with Crippen LogP contribution in [0.25, 0.3) is 22.2 Å². The zero-order chi connectivity index (χ0) is 29.6. The molecule has 4 aromatic rings. The van der Waals surface area contributed by atoms with E-state index in [2.05, 4.69) is 30.3 Å². The zero-order valence-corrected chi connectivity index (χ0v) is 23.3. The van der Waals surface area contributed by atoms with Crippen molar-refractivity contribution >= 4 is 40.7 Å². The van der Waals surface area contributed by atoms with Gasteiger partial charge in [0.05, 0.1) is 18.3 Å². The van der Waals surface area contributed by atoms with Crippen molar-refractivity contribution in [3.05, 3.63) is 71.4 Å². The van der Waals surface area contributed by atoms with Crippen LogP contribution in [-0.4, -0.2) is 99.3 Å². The van der Waals surface area contributed by atoms with E-state index >= 15 is 0 Å². The molecule has 3 atom stereocenters. The number of benzene rings is 2. The lowest BCUT2D eigenvalue weighted by Gasteiger charge is -2.42. The number of aromatic nitrogens is 3. The van der Waals surface area contributed by atoms with E-state index in [1.54, 1.807) is 30.5 Å². The summed E-state index contributed by atoms with van der Waals surface area (Å²) in [6, 6.07) is 15.3. The van der Waals surface area contributed by atoms with Crippen LogP contribution in [-0.2, 0) is 4.79 Å². The van der Waals surface area contributed by atoms with Crippen molar-refractivity contribution in [3.63, 3.8) is 0 Å². The maximum absolute atomic E-state index is 12.1. The number of fused-ring (bicyclic) bond motifs is 1. The van der Waals surface area contributed by atoms with Gasteiger partial charge < -0.3 is 35.1 Å². The van der Waals surface area contributed by atoms with Crippen molar-refractivity contribution in [3.8, 4) is 17.0 Å². The molecule has 3 heterocycles. The number of piperazine rings is 1. The topological polar surface area (TPSA) is 164 Å². The number of H-pyrrole nitrogens is 1. The van der Waals surface area contributed by atoms with Crippen LogP contribution < -0.4 is 15.0 Å². The van der Waals surface area contributed by atoms with Gasteiger partial charge >= 0.3 is 6.09 Å². The first kappa shape index (κ1) is 29.3. The Hall–Kier alpha value is -4.23. The first-order valence-electron chi connectivity index (χ1n) is 13.4. The van der Waals surface area contributed by atoms with Gasteiger partial charge in [0.15, 0.2) is 5.65 Å². The number of rotatable bonds is 11. The van der Waals surface area contributed by atoms with Crippen LogP contribution in [0.1, 0.15) is 11.6 Å². The molecule has 1 unspecified atom stereocenters. The summed E-state index contributed by atoms with van der Waals surface area (Å²) in [5, 5.41) is 39.3. The average molecular weight is 595 g/mol. The molecule has 2 aromatic heterocycles. The van der Waals surface area contributed by atoms with E-state index in [-0.39, 0.29) is 12.5 Å². The van der Waals surface area contributed by atoms with E-state index < -0.39 is 30.9 Å². The molecule has 13 heteroatoms. The lowest BCUT2D eigenvalue weighted by atomic mass is 9.97. The van der Waals surface area contributed by atoms with Crippen LogP contribution in [0, 0.1) is 0 Å². The molecule has 1 aliphatic rings. The molecule has 0 bridgehead atoms. The Morgan fingerprint density at radius 1 is 1.12 bits per heavy atom. The third-order valence-corrected chi connectivity index (χ3v) is 7.50. The standard InChI is InChI=1S/C29H31ClN6O6/c30-20-8-6-19(7-9-20)25(23(16-38)32-29(40)41)35-10-12-36(13-11-35)26-22(18-4-2-1-3-5-18)14-31-27-24(26)28(34-33-27)42-17-21(39)15-37/h1-9,14,16,21,23,25,32,37,39H,10-13,15,17H2,(H,40,41)(H,31,33,34)/t21-,23?,25+/m1/s1. The van der Waals surface area contributed by atoms with Crippen molar-refractivity contribution in [1.82, 2.24) is 25.4 Å². The molecule has 2 aromatic carbocycles. The van der Waals surface area contributed by atoms with Gasteiger partial charge in [0, 0.05) is 43.0 Å². The van der Waals surface area contributed by atoms with Crippen molar-refractivity contribution in [1.29, 1.82) is 0 Å². The van der Waals surface area contributed by atoms with Crippen LogP contribution in [0.4, 0.5) is 10.5 Å². The summed E-state index contributed by atoms with van der Waals surface area (Å²) in [5.41, 5.74) is 3.91. The summed E-state index contributed by atoms with van der Waals surface area (Å²) in [6.45, 7) is 1.49. The molecule has 5 rings (SSSR count). The molecule has 1 saturated heterocycles. The van der Waals surface area contributed by atoms with Gasteiger partial charge in [-0.3, -0.25) is 10.00 Å². The molecular formula is C29H31ClN6O6. The third kappa shape index (κ3) is 6.31. The van der Waals surface area contributed by atoms with Crippen LogP contribution in [0.3, 0.4) is 0 Å². The van der Waals surface area contributed by atoms with E-state index in [0.717, 1.165) is 22.4 Å². The third-order valence-electron chi connectivity index (χ3n) is 7.25. The van der Waals surface area contributed by atoms with E-state index in [1.165, 1.54) is 0 Å². The van der Waals surface area contributed by atoms with Gasteiger partial charge in [-0.2, -0.15) is 0 Å². The molecule has 220 valence electrons. The lowest BCUT2D eigenvalue weighted by Crippen LogP contribution is -2.53. The number of ether oxygens (including phenoxy) is 1. The fraction of sp³-hybridized carbons (Fsp3) is 0.310. The molecule has 1 fully saturated rings. The highest BCUT2D eigenvalue weighted by atomic mass is 35.5. The first-order chi connectivity index (χ1) is 20.4. The number of aromatic amines is 1. The Labute approximate surface area is 246 Å². The molecular weight excluding hydrogens is 564 g/mol. The Bertz CT molecular complexity index is 1510. The monoisotopic (exact) mass is 594 g/mol. The van der Waals surface area contributed by atoms with Gasteiger partial charge in [-0.1, -0.05) is 54.1 Å². The maximum atomic E-state index is 12.1. The van der Waals surface area contributed by atoms with E-state index in [0.29, 0.717) is 48.5 Å². The summed E-state index contributed by atoms with van der Waals surface area (Å²) >= 11 is 6.10. The van der Waals surface area contributed by atoms with Gasteiger partial charge in [-0.25, -0.2) is 9.78 Å². The lowest BCUT2D eigenvalue weighted by molar-refractivity contribution is -0.111. The number of carbonyl (C=O) groups excluding carboxylic acids is 1. The smallest absolute Gasteiger partial charge is 0.405 e. The Kier molecular flexibility index (Phi) is 9.18. The second-order valence-corrected chi connectivity index (χ2v) is 10.4. The highest BCUT2D eigenvalue weighted by molar-refractivity contribution is 6.30. The van der Waals surface area contributed by atoms with Gasteiger partial charge in [0.25, 0.3) is 0 Å².